The van der Waals surface area contributed by atoms with Crippen LogP contribution in [-0.2, 0) is 0 Å². The van der Waals surface area contributed by atoms with Gasteiger partial charge in [-0.2, -0.15) is 0 Å². The standard InChI is InChI=1S/C19H17FN2O3/c1-11(2)10-22-18(24)13-8-7-12(9-15(13)19(22)25)21-17(23)14-5-3-4-6-16(14)20/h3-9,11H,10H2,1-2H3,(H,21,23). The van der Waals surface area contributed by atoms with Crippen molar-refractivity contribution in [3.63, 3.8) is 0 Å². The molecule has 0 saturated heterocycles. The molecule has 1 aliphatic rings. The number of rotatable bonds is 4. The highest BCUT2D eigenvalue weighted by molar-refractivity contribution is 6.22. The third-order valence-electron chi connectivity index (χ3n) is 3.89. The van der Waals surface area contributed by atoms with Crippen LogP contribution in [-0.4, -0.2) is 29.2 Å². The fraction of sp³-hybridized carbons (Fsp3) is 0.211. The van der Waals surface area contributed by atoms with E-state index >= 15 is 0 Å². The maximum absolute atomic E-state index is 13.7. The first kappa shape index (κ1) is 16.8. The van der Waals surface area contributed by atoms with Gasteiger partial charge in [0.2, 0.25) is 0 Å². The Morgan fingerprint density at radius 3 is 2.44 bits per heavy atom. The van der Waals surface area contributed by atoms with E-state index in [9.17, 15) is 18.8 Å². The SMILES string of the molecule is CC(C)CN1C(=O)c2ccc(NC(=O)c3ccccc3F)cc2C1=O. The van der Waals surface area contributed by atoms with E-state index in [1.807, 2.05) is 13.8 Å². The Kier molecular flexibility index (Phi) is 4.35. The van der Waals surface area contributed by atoms with Gasteiger partial charge in [-0.15, -0.1) is 0 Å². The summed E-state index contributed by atoms with van der Waals surface area (Å²) in [5, 5.41) is 2.56. The summed E-state index contributed by atoms with van der Waals surface area (Å²) < 4.78 is 13.7. The van der Waals surface area contributed by atoms with Crippen molar-refractivity contribution in [3.8, 4) is 0 Å². The molecule has 6 heteroatoms. The Hall–Kier alpha value is -3.02. The number of halogens is 1. The van der Waals surface area contributed by atoms with Gasteiger partial charge in [0.1, 0.15) is 5.82 Å². The predicted molar refractivity (Wildman–Crippen MR) is 91.0 cm³/mol. The minimum absolute atomic E-state index is 0.0909. The van der Waals surface area contributed by atoms with Gasteiger partial charge in [0.25, 0.3) is 17.7 Å². The van der Waals surface area contributed by atoms with Crippen molar-refractivity contribution in [3.05, 3.63) is 65.0 Å². The molecule has 0 aromatic heterocycles. The maximum Gasteiger partial charge on any atom is 0.261 e. The van der Waals surface area contributed by atoms with E-state index in [1.165, 1.54) is 41.3 Å². The second kappa shape index (κ2) is 6.47. The smallest absolute Gasteiger partial charge is 0.261 e. The summed E-state index contributed by atoms with van der Waals surface area (Å²) >= 11 is 0. The van der Waals surface area contributed by atoms with Crippen molar-refractivity contribution in [2.24, 2.45) is 5.92 Å². The van der Waals surface area contributed by atoms with Gasteiger partial charge in [0.15, 0.2) is 0 Å². The number of benzene rings is 2. The van der Waals surface area contributed by atoms with Crippen molar-refractivity contribution in [2.45, 2.75) is 13.8 Å². The third kappa shape index (κ3) is 3.15. The number of anilines is 1. The first-order chi connectivity index (χ1) is 11.9. The molecule has 0 saturated carbocycles. The summed E-state index contributed by atoms with van der Waals surface area (Å²) in [5.74, 6) is -1.80. The lowest BCUT2D eigenvalue weighted by molar-refractivity contribution is 0.0636. The minimum Gasteiger partial charge on any atom is -0.322 e. The van der Waals surface area contributed by atoms with E-state index in [1.54, 1.807) is 6.07 Å². The van der Waals surface area contributed by atoms with Crippen molar-refractivity contribution >= 4 is 23.4 Å². The Morgan fingerprint density at radius 2 is 1.76 bits per heavy atom. The van der Waals surface area contributed by atoms with E-state index in [0.29, 0.717) is 17.8 Å². The van der Waals surface area contributed by atoms with Gasteiger partial charge in [0.05, 0.1) is 16.7 Å². The number of imide groups is 1. The molecule has 0 aliphatic carbocycles. The zero-order valence-electron chi connectivity index (χ0n) is 13.9. The van der Waals surface area contributed by atoms with Crippen LogP contribution in [0.25, 0.3) is 0 Å². The van der Waals surface area contributed by atoms with E-state index in [-0.39, 0.29) is 28.9 Å². The molecular formula is C19H17FN2O3. The van der Waals surface area contributed by atoms with E-state index in [2.05, 4.69) is 5.32 Å². The fourth-order valence-electron chi connectivity index (χ4n) is 2.74. The molecule has 0 atom stereocenters. The number of nitrogens with one attached hydrogen (secondary N) is 1. The third-order valence-corrected chi connectivity index (χ3v) is 3.89. The molecular weight excluding hydrogens is 323 g/mol. The molecule has 128 valence electrons. The zero-order chi connectivity index (χ0) is 18.1. The predicted octanol–water partition coefficient (Wildman–Crippen LogP) is 3.33. The minimum atomic E-state index is -0.629. The zero-order valence-corrected chi connectivity index (χ0v) is 13.9. The Balaban J connectivity index is 1.85. The molecule has 0 spiro atoms. The number of nitrogens with zero attached hydrogens (tertiary/aromatic N) is 1. The molecule has 0 bridgehead atoms. The van der Waals surface area contributed by atoms with Crippen LogP contribution in [0, 0.1) is 11.7 Å². The summed E-state index contributed by atoms with van der Waals surface area (Å²) in [4.78, 5) is 38.1. The molecule has 25 heavy (non-hydrogen) atoms. The summed E-state index contributed by atoms with van der Waals surface area (Å²) in [5.41, 5.74) is 0.804. The quantitative estimate of drug-likeness (QED) is 0.868. The monoisotopic (exact) mass is 340 g/mol. The lowest BCUT2D eigenvalue weighted by atomic mass is 10.1. The lowest BCUT2D eigenvalue weighted by Gasteiger charge is -2.15. The van der Waals surface area contributed by atoms with Crippen LogP contribution < -0.4 is 5.32 Å². The molecule has 2 aromatic carbocycles. The highest BCUT2D eigenvalue weighted by Crippen LogP contribution is 2.27. The van der Waals surface area contributed by atoms with E-state index < -0.39 is 11.7 Å². The molecule has 1 aliphatic heterocycles. The first-order valence-electron chi connectivity index (χ1n) is 7.94. The van der Waals surface area contributed by atoms with Crippen LogP contribution in [0.4, 0.5) is 10.1 Å². The number of fused-ring (bicyclic) bond motifs is 1. The van der Waals surface area contributed by atoms with Crippen LogP contribution >= 0.6 is 0 Å². The molecule has 2 aromatic rings. The second-order valence-corrected chi connectivity index (χ2v) is 6.31. The van der Waals surface area contributed by atoms with Crippen molar-refractivity contribution in [1.29, 1.82) is 0 Å². The highest BCUT2D eigenvalue weighted by atomic mass is 19.1. The summed E-state index contributed by atoms with van der Waals surface area (Å²) in [6.45, 7) is 4.18. The van der Waals surface area contributed by atoms with Gasteiger partial charge in [-0.25, -0.2) is 4.39 Å². The molecule has 0 radical (unpaired) electrons. The summed E-state index contributed by atoms with van der Waals surface area (Å²) in [6.07, 6.45) is 0. The van der Waals surface area contributed by atoms with Crippen LogP contribution in [0.1, 0.15) is 44.9 Å². The van der Waals surface area contributed by atoms with Crippen LogP contribution in [0.2, 0.25) is 0 Å². The average Bonchev–Trinajstić information content (AvgIpc) is 2.79. The molecule has 0 unspecified atom stereocenters. The fourth-order valence-corrected chi connectivity index (χ4v) is 2.74. The summed E-state index contributed by atoms with van der Waals surface area (Å²) in [7, 11) is 0. The number of amides is 3. The van der Waals surface area contributed by atoms with Crippen molar-refractivity contribution < 1.29 is 18.8 Å². The topological polar surface area (TPSA) is 66.5 Å². The largest absolute Gasteiger partial charge is 0.322 e. The molecule has 3 amide bonds. The Bertz CT molecular complexity index is 877. The number of carbonyl (C=O) groups is 3. The van der Waals surface area contributed by atoms with Gasteiger partial charge in [-0.1, -0.05) is 26.0 Å². The van der Waals surface area contributed by atoms with E-state index in [0.717, 1.165) is 0 Å². The molecule has 1 N–H and O–H groups in total. The number of carbonyl (C=O) groups excluding carboxylic acids is 3. The van der Waals surface area contributed by atoms with Gasteiger partial charge in [-0.05, 0) is 36.2 Å². The van der Waals surface area contributed by atoms with E-state index in [4.69, 9.17) is 0 Å². The highest BCUT2D eigenvalue weighted by Gasteiger charge is 2.35. The van der Waals surface area contributed by atoms with Crippen LogP contribution in [0.15, 0.2) is 42.5 Å². The molecule has 5 nitrogen and oxygen atoms in total. The second-order valence-electron chi connectivity index (χ2n) is 6.31. The Morgan fingerprint density at radius 1 is 1.08 bits per heavy atom. The first-order valence-corrected chi connectivity index (χ1v) is 7.94. The van der Waals surface area contributed by atoms with Gasteiger partial charge < -0.3 is 5.32 Å². The average molecular weight is 340 g/mol. The van der Waals surface area contributed by atoms with Gasteiger partial charge >= 0.3 is 0 Å². The van der Waals surface area contributed by atoms with Crippen LogP contribution in [0.5, 0.6) is 0 Å². The van der Waals surface area contributed by atoms with Crippen molar-refractivity contribution in [2.75, 3.05) is 11.9 Å². The number of hydrogen-bond acceptors (Lipinski definition) is 3. The van der Waals surface area contributed by atoms with Crippen LogP contribution in [0.3, 0.4) is 0 Å². The maximum atomic E-state index is 13.7. The lowest BCUT2D eigenvalue weighted by Crippen LogP contribution is -2.33. The number of hydrogen-bond donors (Lipinski definition) is 1. The Labute approximate surface area is 144 Å². The molecule has 1 heterocycles. The van der Waals surface area contributed by atoms with Crippen molar-refractivity contribution in [1.82, 2.24) is 4.90 Å². The molecule has 0 fully saturated rings. The van der Waals surface area contributed by atoms with Gasteiger partial charge in [-0.3, -0.25) is 19.3 Å². The van der Waals surface area contributed by atoms with Gasteiger partial charge in [0, 0.05) is 12.2 Å². The summed E-state index contributed by atoms with van der Waals surface area (Å²) in [6, 6.07) is 10.1. The molecule has 3 rings (SSSR count). The normalized spacial score (nSPS) is 13.4.